The molecule has 0 radical (unpaired) electrons. The zero-order chi connectivity index (χ0) is 27.3. The molecular formula is C28H33N5O4S. The number of benzene rings is 2. The SMILES string of the molecule is CCN(c1ccccc1)S(=O)(=O)c1ccc(-n2[nH]c(C)c(Cc3ccc(OCCN(C)C)cc3)c2=O)nc1. The van der Waals surface area contributed by atoms with Crippen LogP contribution in [0.2, 0.25) is 0 Å². The lowest BCUT2D eigenvalue weighted by Crippen LogP contribution is -2.30. The van der Waals surface area contributed by atoms with E-state index in [1.807, 2.05) is 51.4 Å². The number of para-hydroxylation sites is 1. The molecule has 0 spiro atoms. The van der Waals surface area contributed by atoms with Gasteiger partial charge in [0.25, 0.3) is 15.6 Å². The van der Waals surface area contributed by atoms with Crippen LogP contribution in [0.3, 0.4) is 0 Å². The van der Waals surface area contributed by atoms with E-state index in [1.165, 1.54) is 27.3 Å². The Morgan fingerprint density at radius 3 is 2.32 bits per heavy atom. The summed E-state index contributed by atoms with van der Waals surface area (Å²) in [4.78, 5) is 19.6. The van der Waals surface area contributed by atoms with Gasteiger partial charge in [-0.2, -0.15) is 0 Å². The monoisotopic (exact) mass is 535 g/mol. The van der Waals surface area contributed by atoms with Crippen molar-refractivity contribution < 1.29 is 13.2 Å². The topological polar surface area (TPSA) is 101 Å². The smallest absolute Gasteiger partial charge is 0.276 e. The number of aromatic amines is 1. The molecule has 4 aromatic rings. The number of ether oxygens (including phenoxy) is 1. The second-order valence-electron chi connectivity index (χ2n) is 9.19. The Kier molecular flexibility index (Phi) is 8.33. The number of hydrogen-bond donors (Lipinski definition) is 1. The third-order valence-corrected chi connectivity index (χ3v) is 8.06. The summed E-state index contributed by atoms with van der Waals surface area (Å²) >= 11 is 0. The van der Waals surface area contributed by atoms with Gasteiger partial charge in [0.1, 0.15) is 17.3 Å². The Hall–Kier alpha value is -3.89. The first kappa shape index (κ1) is 27.2. The Labute approximate surface area is 223 Å². The molecule has 0 aliphatic rings. The number of anilines is 1. The number of H-pyrrole nitrogens is 1. The highest BCUT2D eigenvalue weighted by molar-refractivity contribution is 7.92. The summed E-state index contributed by atoms with van der Waals surface area (Å²) in [6.45, 7) is 5.32. The van der Waals surface area contributed by atoms with Crippen molar-refractivity contribution >= 4 is 15.7 Å². The van der Waals surface area contributed by atoms with Gasteiger partial charge in [-0.15, -0.1) is 0 Å². The number of hydrogen-bond acceptors (Lipinski definition) is 6. The third kappa shape index (κ3) is 5.98. The van der Waals surface area contributed by atoms with Gasteiger partial charge < -0.3 is 9.64 Å². The Morgan fingerprint density at radius 1 is 1.00 bits per heavy atom. The lowest BCUT2D eigenvalue weighted by atomic mass is 10.1. The maximum Gasteiger partial charge on any atom is 0.276 e. The van der Waals surface area contributed by atoms with Crippen molar-refractivity contribution in [1.29, 1.82) is 0 Å². The minimum Gasteiger partial charge on any atom is -0.492 e. The molecule has 2 aromatic carbocycles. The number of aryl methyl sites for hydroxylation is 1. The quantitative estimate of drug-likeness (QED) is 0.315. The zero-order valence-corrected chi connectivity index (χ0v) is 22.9. The fraction of sp³-hybridized carbons (Fsp3) is 0.286. The summed E-state index contributed by atoms with van der Waals surface area (Å²) in [6.07, 6.45) is 1.73. The van der Waals surface area contributed by atoms with Gasteiger partial charge in [-0.25, -0.2) is 18.1 Å². The van der Waals surface area contributed by atoms with Crippen LogP contribution in [0.25, 0.3) is 5.82 Å². The van der Waals surface area contributed by atoms with E-state index in [2.05, 4.69) is 15.0 Å². The largest absolute Gasteiger partial charge is 0.492 e. The van der Waals surface area contributed by atoms with Crippen LogP contribution >= 0.6 is 0 Å². The van der Waals surface area contributed by atoms with Gasteiger partial charge in [-0.05, 0) is 69.9 Å². The fourth-order valence-electron chi connectivity index (χ4n) is 4.07. The van der Waals surface area contributed by atoms with E-state index in [0.717, 1.165) is 23.6 Å². The zero-order valence-electron chi connectivity index (χ0n) is 22.1. The van der Waals surface area contributed by atoms with Crippen molar-refractivity contribution in [2.24, 2.45) is 0 Å². The summed E-state index contributed by atoms with van der Waals surface area (Å²) < 4.78 is 34.9. The summed E-state index contributed by atoms with van der Waals surface area (Å²) in [6, 6.07) is 19.6. The van der Waals surface area contributed by atoms with E-state index in [9.17, 15) is 13.2 Å². The van der Waals surface area contributed by atoms with Crippen LogP contribution in [-0.4, -0.2) is 61.9 Å². The predicted octanol–water partition coefficient (Wildman–Crippen LogP) is 3.62. The fourth-order valence-corrected chi connectivity index (χ4v) is 5.49. The molecule has 0 fully saturated rings. The molecule has 0 unspecified atom stereocenters. The molecular weight excluding hydrogens is 502 g/mol. The first-order valence-electron chi connectivity index (χ1n) is 12.4. The van der Waals surface area contributed by atoms with Gasteiger partial charge in [0.15, 0.2) is 5.82 Å². The number of rotatable bonds is 11. The Morgan fingerprint density at radius 2 is 1.71 bits per heavy atom. The first-order chi connectivity index (χ1) is 18.2. The summed E-state index contributed by atoms with van der Waals surface area (Å²) in [5.74, 6) is 1.10. The molecule has 0 aliphatic carbocycles. The molecule has 0 aliphatic heterocycles. The van der Waals surface area contributed by atoms with E-state index in [1.54, 1.807) is 31.2 Å². The Bertz CT molecular complexity index is 1510. The van der Waals surface area contributed by atoms with Crippen molar-refractivity contribution in [3.63, 3.8) is 0 Å². The average Bonchev–Trinajstić information content (AvgIpc) is 3.19. The van der Waals surface area contributed by atoms with Crippen molar-refractivity contribution in [3.8, 4) is 11.6 Å². The van der Waals surface area contributed by atoms with Crippen LogP contribution < -0.4 is 14.6 Å². The molecule has 9 nitrogen and oxygen atoms in total. The number of nitrogens with zero attached hydrogens (tertiary/aromatic N) is 4. The number of nitrogens with one attached hydrogen (secondary N) is 1. The van der Waals surface area contributed by atoms with Crippen LogP contribution in [0.4, 0.5) is 5.69 Å². The predicted molar refractivity (Wildman–Crippen MR) is 149 cm³/mol. The molecule has 2 heterocycles. The average molecular weight is 536 g/mol. The van der Waals surface area contributed by atoms with Crippen molar-refractivity contribution in [2.45, 2.75) is 25.2 Å². The molecule has 0 saturated carbocycles. The first-order valence-corrected chi connectivity index (χ1v) is 13.9. The van der Waals surface area contributed by atoms with Crippen molar-refractivity contribution in [1.82, 2.24) is 19.7 Å². The number of aromatic nitrogens is 3. The molecule has 0 atom stereocenters. The minimum absolute atomic E-state index is 0.0522. The highest BCUT2D eigenvalue weighted by Gasteiger charge is 2.24. The van der Waals surface area contributed by atoms with Gasteiger partial charge in [0.05, 0.1) is 5.69 Å². The maximum absolute atomic E-state index is 13.3. The number of likely N-dealkylation sites (N-methyl/N-ethyl adjacent to an activating group) is 1. The molecule has 2 aromatic heterocycles. The number of sulfonamides is 1. The third-order valence-electron chi connectivity index (χ3n) is 6.17. The number of pyridine rings is 1. The molecule has 38 heavy (non-hydrogen) atoms. The van der Waals surface area contributed by atoms with Crippen LogP contribution in [0.1, 0.15) is 23.7 Å². The van der Waals surface area contributed by atoms with Crippen molar-refractivity contribution in [2.75, 3.05) is 38.1 Å². The van der Waals surface area contributed by atoms with E-state index in [4.69, 9.17) is 4.74 Å². The molecule has 200 valence electrons. The van der Waals surface area contributed by atoms with Gasteiger partial charge in [0.2, 0.25) is 0 Å². The van der Waals surface area contributed by atoms with Crippen LogP contribution in [0, 0.1) is 6.92 Å². The van der Waals surface area contributed by atoms with Crippen molar-refractivity contribution in [3.05, 3.63) is 100 Å². The van der Waals surface area contributed by atoms with E-state index >= 15 is 0 Å². The van der Waals surface area contributed by atoms with Crippen LogP contribution in [0.5, 0.6) is 5.75 Å². The molecule has 0 saturated heterocycles. The van der Waals surface area contributed by atoms with E-state index in [0.29, 0.717) is 30.1 Å². The summed E-state index contributed by atoms with van der Waals surface area (Å²) in [5, 5.41) is 3.07. The molecule has 10 heteroatoms. The van der Waals surface area contributed by atoms with E-state index < -0.39 is 10.0 Å². The summed E-state index contributed by atoms with van der Waals surface area (Å²) in [7, 11) is 0.182. The van der Waals surface area contributed by atoms with Gasteiger partial charge in [0, 0.05) is 37.0 Å². The lowest BCUT2D eigenvalue weighted by Gasteiger charge is -2.22. The second-order valence-corrected chi connectivity index (χ2v) is 11.0. The van der Waals surface area contributed by atoms with Crippen LogP contribution in [0.15, 0.2) is 82.6 Å². The molecule has 0 bridgehead atoms. The van der Waals surface area contributed by atoms with E-state index in [-0.39, 0.29) is 17.0 Å². The highest BCUT2D eigenvalue weighted by atomic mass is 32.2. The lowest BCUT2D eigenvalue weighted by molar-refractivity contribution is 0.261. The Balaban J connectivity index is 1.52. The molecule has 4 rings (SSSR count). The summed E-state index contributed by atoms with van der Waals surface area (Å²) in [5.41, 5.74) is 2.67. The van der Waals surface area contributed by atoms with Gasteiger partial charge >= 0.3 is 0 Å². The van der Waals surface area contributed by atoms with Crippen LogP contribution in [-0.2, 0) is 16.4 Å². The molecule has 0 amide bonds. The van der Waals surface area contributed by atoms with Gasteiger partial charge in [-0.1, -0.05) is 30.3 Å². The minimum atomic E-state index is -3.81. The standard InChI is InChI=1S/C28H33N5O4S/c1-5-32(23-9-7-6-8-10-23)38(35,36)25-15-16-27(29-20-25)33-28(34)26(21(2)30-33)19-22-11-13-24(14-12-22)37-18-17-31(3)4/h6-16,20,30H,5,17-19H2,1-4H3. The molecule has 1 N–H and O–H groups in total. The van der Waals surface area contributed by atoms with Gasteiger partial charge in [-0.3, -0.25) is 14.2 Å². The normalized spacial score (nSPS) is 11.6. The second kappa shape index (κ2) is 11.7. The highest BCUT2D eigenvalue weighted by Crippen LogP contribution is 2.23. The maximum atomic E-state index is 13.3.